The number of hydrogen-bond donors (Lipinski definition) is 0. The zero-order chi connectivity index (χ0) is 12.8. The normalized spacial score (nSPS) is 36.9. The molecule has 4 nitrogen and oxygen atoms in total. The molecule has 0 bridgehead atoms. The quantitative estimate of drug-likeness (QED) is 0.518. The topological polar surface area (TPSA) is 68.3 Å². The van der Waals surface area contributed by atoms with Gasteiger partial charge in [0, 0.05) is 24.7 Å². The summed E-state index contributed by atoms with van der Waals surface area (Å²) in [5.74, 6) is -3.77. The van der Waals surface area contributed by atoms with Crippen molar-refractivity contribution in [1.29, 1.82) is 0 Å². The maximum atomic E-state index is 12.1. The molecule has 0 heterocycles. The van der Waals surface area contributed by atoms with Crippen LogP contribution in [0.15, 0.2) is 25.3 Å². The molecule has 2 saturated carbocycles. The highest BCUT2D eigenvalue weighted by molar-refractivity contribution is 6.45. The maximum absolute atomic E-state index is 12.1. The van der Waals surface area contributed by atoms with Gasteiger partial charge in [0.05, 0.1) is 0 Å². The van der Waals surface area contributed by atoms with Gasteiger partial charge in [-0.3, -0.25) is 19.2 Å². The van der Waals surface area contributed by atoms with E-state index in [2.05, 4.69) is 13.2 Å². The fourth-order valence-corrected chi connectivity index (χ4v) is 2.65. The Bertz CT molecular complexity index is 428. The molecular weight excluding hydrogens is 220 g/mol. The molecule has 2 rings (SSSR count). The van der Waals surface area contributed by atoms with Gasteiger partial charge in [-0.25, -0.2) is 0 Å². The monoisotopic (exact) mass is 232 g/mol. The highest BCUT2D eigenvalue weighted by Gasteiger charge is 2.67. The Hall–Kier alpha value is -1.84. The molecule has 0 aromatic carbocycles. The summed E-state index contributed by atoms with van der Waals surface area (Å²) in [7, 11) is 0. The van der Waals surface area contributed by atoms with E-state index in [0.29, 0.717) is 0 Å². The number of hydrogen-bond acceptors (Lipinski definition) is 4. The second-order valence-electron chi connectivity index (χ2n) is 4.42. The van der Waals surface area contributed by atoms with Gasteiger partial charge in [0.15, 0.2) is 23.1 Å². The highest BCUT2D eigenvalue weighted by Crippen LogP contribution is 2.45. The Kier molecular flexibility index (Phi) is 2.45. The first-order valence-corrected chi connectivity index (χ1v) is 5.40. The predicted molar refractivity (Wildman–Crippen MR) is 59.1 cm³/mol. The minimum absolute atomic E-state index is 0.0936. The molecule has 0 aromatic heterocycles. The van der Waals surface area contributed by atoms with E-state index in [0.717, 1.165) is 0 Å². The lowest BCUT2D eigenvalue weighted by Gasteiger charge is -2.16. The first-order chi connectivity index (χ1) is 7.99. The van der Waals surface area contributed by atoms with Crippen molar-refractivity contribution in [3.63, 3.8) is 0 Å². The van der Waals surface area contributed by atoms with Gasteiger partial charge >= 0.3 is 0 Å². The van der Waals surface area contributed by atoms with Crippen LogP contribution in [0, 0.1) is 17.3 Å². The van der Waals surface area contributed by atoms with Crippen molar-refractivity contribution in [2.24, 2.45) is 17.3 Å². The van der Waals surface area contributed by atoms with Crippen LogP contribution in [-0.2, 0) is 19.2 Å². The van der Waals surface area contributed by atoms with Crippen molar-refractivity contribution in [2.75, 3.05) is 0 Å². The van der Waals surface area contributed by atoms with E-state index in [1.807, 2.05) is 0 Å². The van der Waals surface area contributed by atoms with Gasteiger partial charge in [0.25, 0.3) is 0 Å². The Balaban J connectivity index is 2.56. The second-order valence-corrected chi connectivity index (χ2v) is 4.42. The van der Waals surface area contributed by atoms with Crippen LogP contribution in [0.2, 0.25) is 0 Å². The largest absolute Gasteiger partial charge is 0.298 e. The average molecular weight is 232 g/mol. The van der Waals surface area contributed by atoms with Crippen LogP contribution < -0.4 is 0 Å². The standard InChI is InChI=1S/C13H12O4/c1-3-7-5-9(14)13(11(7)16)10(15)6-8(4-2)12(13)17/h3-4,7-8H,1-2,5-6H2. The molecule has 2 aliphatic carbocycles. The van der Waals surface area contributed by atoms with Crippen LogP contribution in [0.25, 0.3) is 0 Å². The summed E-state index contributed by atoms with van der Waals surface area (Å²) >= 11 is 0. The summed E-state index contributed by atoms with van der Waals surface area (Å²) < 4.78 is 0. The zero-order valence-electron chi connectivity index (χ0n) is 9.27. The molecule has 2 atom stereocenters. The Labute approximate surface area is 98.4 Å². The number of rotatable bonds is 2. The van der Waals surface area contributed by atoms with Crippen LogP contribution >= 0.6 is 0 Å². The van der Waals surface area contributed by atoms with Crippen molar-refractivity contribution in [1.82, 2.24) is 0 Å². The van der Waals surface area contributed by atoms with Gasteiger partial charge in [0.2, 0.25) is 5.41 Å². The van der Waals surface area contributed by atoms with Crippen molar-refractivity contribution < 1.29 is 19.2 Å². The Morgan fingerprint density at radius 3 is 1.47 bits per heavy atom. The summed E-state index contributed by atoms with van der Waals surface area (Å²) in [5, 5.41) is 0. The van der Waals surface area contributed by atoms with Crippen LogP contribution in [-0.4, -0.2) is 23.1 Å². The molecule has 0 amide bonds. The fraction of sp³-hybridized carbons (Fsp3) is 0.385. The molecule has 0 aliphatic heterocycles. The van der Waals surface area contributed by atoms with Crippen LogP contribution in [0.3, 0.4) is 0 Å². The van der Waals surface area contributed by atoms with Crippen LogP contribution in [0.4, 0.5) is 0 Å². The van der Waals surface area contributed by atoms with E-state index in [1.54, 1.807) is 0 Å². The third-order valence-electron chi connectivity index (χ3n) is 3.63. The van der Waals surface area contributed by atoms with E-state index in [4.69, 9.17) is 0 Å². The molecular formula is C13H12O4. The molecule has 2 aliphatic rings. The second kappa shape index (κ2) is 3.58. The summed E-state index contributed by atoms with van der Waals surface area (Å²) in [5.41, 5.74) is -2.03. The van der Waals surface area contributed by atoms with Gasteiger partial charge in [-0.1, -0.05) is 12.2 Å². The molecule has 0 radical (unpaired) electrons. The molecule has 17 heavy (non-hydrogen) atoms. The lowest BCUT2D eigenvalue weighted by molar-refractivity contribution is -0.148. The van der Waals surface area contributed by atoms with Crippen molar-refractivity contribution in [3.05, 3.63) is 25.3 Å². The predicted octanol–water partition coefficient (Wildman–Crippen LogP) is 0.661. The van der Waals surface area contributed by atoms with Gasteiger partial charge in [-0.2, -0.15) is 0 Å². The molecule has 2 fully saturated rings. The highest BCUT2D eigenvalue weighted by atomic mass is 16.2. The van der Waals surface area contributed by atoms with E-state index < -0.39 is 40.4 Å². The smallest absolute Gasteiger partial charge is 0.204 e. The summed E-state index contributed by atoms with van der Waals surface area (Å²) in [6, 6.07) is 0. The molecule has 1 spiro atoms. The molecule has 88 valence electrons. The minimum Gasteiger partial charge on any atom is -0.298 e. The van der Waals surface area contributed by atoms with Gasteiger partial charge in [-0.15, -0.1) is 13.2 Å². The maximum Gasteiger partial charge on any atom is 0.204 e. The van der Waals surface area contributed by atoms with Crippen molar-refractivity contribution in [2.45, 2.75) is 12.8 Å². The van der Waals surface area contributed by atoms with Crippen molar-refractivity contribution >= 4 is 23.1 Å². The third kappa shape index (κ3) is 1.18. The van der Waals surface area contributed by atoms with E-state index >= 15 is 0 Å². The summed E-state index contributed by atoms with van der Waals surface area (Å²) in [6.45, 7) is 6.91. The fourth-order valence-electron chi connectivity index (χ4n) is 2.65. The summed E-state index contributed by atoms with van der Waals surface area (Å²) in [6.07, 6.45) is 2.47. The first-order valence-electron chi connectivity index (χ1n) is 5.40. The van der Waals surface area contributed by atoms with E-state index in [-0.39, 0.29) is 12.8 Å². The molecule has 0 N–H and O–H groups in total. The zero-order valence-corrected chi connectivity index (χ0v) is 9.27. The summed E-state index contributed by atoms with van der Waals surface area (Å²) in [4.78, 5) is 48.0. The average Bonchev–Trinajstić information content (AvgIpc) is 2.71. The molecule has 0 saturated heterocycles. The first kappa shape index (κ1) is 11.6. The lowest BCUT2D eigenvalue weighted by Crippen LogP contribution is -2.44. The van der Waals surface area contributed by atoms with E-state index in [1.165, 1.54) is 12.2 Å². The van der Waals surface area contributed by atoms with Crippen LogP contribution in [0.5, 0.6) is 0 Å². The number of carbonyl (C=O) groups is 4. The molecule has 4 heteroatoms. The molecule has 2 unspecified atom stereocenters. The number of Topliss-reactive ketones (excluding diaryl/α,β-unsaturated/α-hetero) is 4. The molecule has 0 aromatic rings. The van der Waals surface area contributed by atoms with Crippen LogP contribution in [0.1, 0.15) is 12.8 Å². The van der Waals surface area contributed by atoms with E-state index in [9.17, 15) is 19.2 Å². The van der Waals surface area contributed by atoms with Gasteiger partial charge in [0.1, 0.15) is 0 Å². The van der Waals surface area contributed by atoms with Crippen molar-refractivity contribution in [3.8, 4) is 0 Å². The van der Waals surface area contributed by atoms with Gasteiger partial charge < -0.3 is 0 Å². The number of ketones is 4. The lowest BCUT2D eigenvalue weighted by atomic mass is 9.79. The van der Waals surface area contributed by atoms with Gasteiger partial charge in [-0.05, 0) is 0 Å². The third-order valence-corrected chi connectivity index (χ3v) is 3.63. The SMILES string of the molecule is C=CC1CC(=O)C2(C(=O)CC(C=C)C2=O)C1=O. The number of carbonyl (C=O) groups excluding carboxylic acids is 4. The minimum atomic E-state index is -2.03. The number of allylic oxidation sites excluding steroid dienone is 2. The Morgan fingerprint density at radius 2 is 1.24 bits per heavy atom. The Morgan fingerprint density at radius 1 is 0.882 bits per heavy atom.